The van der Waals surface area contributed by atoms with Gasteiger partial charge < -0.3 is 4.74 Å². The highest BCUT2D eigenvalue weighted by Gasteiger charge is 2.44. The Hall–Kier alpha value is -1.74. The maximum atomic E-state index is 15.6. The summed E-state index contributed by atoms with van der Waals surface area (Å²) in [7, 11) is 0. The molecule has 1 heterocycles. The van der Waals surface area contributed by atoms with Crippen LogP contribution in [0.3, 0.4) is 0 Å². The first-order valence-corrected chi connectivity index (χ1v) is 8.44. The third-order valence-corrected chi connectivity index (χ3v) is 4.37. The zero-order valence-electron chi connectivity index (χ0n) is 13.8. The van der Waals surface area contributed by atoms with Crippen molar-refractivity contribution in [2.45, 2.75) is 43.9 Å². The van der Waals surface area contributed by atoms with Gasteiger partial charge in [0, 0.05) is 11.5 Å². The minimum Gasteiger partial charge on any atom is -0.465 e. The Kier molecular flexibility index (Phi) is 6.23. The second-order valence-electron chi connectivity index (χ2n) is 5.61. The molecule has 1 aromatic rings. The van der Waals surface area contributed by atoms with E-state index in [0.717, 1.165) is 6.08 Å². The quantitative estimate of drug-likeness (QED) is 0.530. The lowest BCUT2D eigenvalue weighted by molar-refractivity contribution is -0.143. The Labute approximate surface area is 156 Å². The van der Waals surface area contributed by atoms with E-state index in [0.29, 0.717) is 4.68 Å². The second-order valence-corrected chi connectivity index (χ2v) is 6.57. The molecule has 11 heteroatoms. The van der Waals surface area contributed by atoms with Gasteiger partial charge in [0.25, 0.3) is 0 Å². The van der Waals surface area contributed by atoms with Crippen LogP contribution in [0.5, 0.6) is 0 Å². The first kappa shape index (κ1) is 20.6. The molecule has 3 unspecified atom stereocenters. The van der Waals surface area contributed by atoms with Crippen LogP contribution in [-0.4, -0.2) is 38.0 Å². The molecule has 0 spiro atoms. The third-order valence-electron chi connectivity index (χ3n) is 3.80. The highest BCUT2D eigenvalue weighted by molar-refractivity contribution is 6.31. The summed E-state index contributed by atoms with van der Waals surface area (Å²) in [6.45, 7) is -0.312. The summed E-state index contributed by atoms with van der Waals surface area (Å²) in [6, 6.07) is -1.41. The Morgan fingerprint density at radius 2 is 2.15 bits per heavy atom. The van der Waals surface area contributed by atoms with Crippen LogP contribution in [-0.2, 0) is 9.53 Å². The number of ether oxygens (including phenoxy) is 1. The summed E-state index contributed by atoms with van der Waals surface area (Å²) >= 11 is 11.8. The van der Waals surface area contributed by atoms with Gasteiger partial charge in [0.1, 0.15) is 17.2 Å². The molecule has 2 rings (SSSR count). The minimum atomic E-state index is -3.13. The zero-order valence-corrected chi connectivity index (χ0v) is 15.3. The normalized spacial score (nSPS) is 23.8. The fraction of sp³-hybridized carbons (Fsp3) is 0.533. The number of esters is 1. The zero-order chi connectivity index (χ0) is 19.6. The highest BCUT2D eigenvalue weighted by Crippen LogP contribution is 2.39. The van der Waals surface area contributed by atoms with Crippen LogP contribution in [0.25, 0.3) is 0 Å². The SMILES string of the molecule is CCOC(=O)C(Cl)CC1(F)C=C(Cl)C=CC1n1nc(C)n(C(F)F)c1=O. The summed E-state index contributed by atoms with van der Waals surface area (Å²) in [5.41, 5.74) is -3.61. The average molecular weight is 414 g/mol. The predicted octanol–water partition coefficient (Wildman–Crippen LogP) is 3.25. The number of halogens is 5. The van der Waals surface area contributed by atoms with Crippen LogP contribution in [0, 0.1) is 6.92 Å². The van der Waals surface area contributed by atoms with Crippen LogP contribution in [0.15, 0.2) is 28.1 Å². The highest BCUT2D eigenvalue weighted by atomic mass is 35.5. The van der Waals surface area contributed by atoms with Crippen LogP contribution in [0.2, 0.25) is 0 Å². The topological polar surface area (TPSA) is 66.1 Å². The largest absolute Gasteiger partial charge is 0.465 e. The van der Waals surface area contributed by atoms with Crippen molar-refractivity contribution < 1.29 is 22.7 Å². The van der Waals surface area contributed by atoms with Crippen molar-refractivity contribution in [2.24, 2.45) is 0 Å². The molecule has 0 aromatic carbocycles. The smallest absolute Gasteiger partial charge is 0.351 e. The molecule has 0 fully saturated rings. The van der Waals surface area contributed by atoms with E-state index in [4.69, 9.17) is 27.9 Å². The van der Waals surface area contributed by atoms with Gasteiger partial charge in [-0.1, -0.05) is 17.7 Å². The van der Waals surface area contributed by atoms with E-state index in [1.807, 2.05) is 0 Å². The summed E-state index contributed by atoms with van der Waals surface area (Å²) in [5, 5.41) is 2.37. The molecule has 0 amide bonds. The summed E-state index contributed by atoms with van der Waals surface area (Å²) in [5.74, 6) is -1.13. The van der Waals surface area contributed by atoms with E-state index in [1.54, 1.807) is 6.92 Å². The number of hydrogen-bond acceptors (Lipinski definition) is 4. The van der Waals surface area contributed by atoms with Crippen LogP contribution < -0.4 is 5.69 Å². The van der Waals surface area contributed by atoms with Crippen molar-refractivity contribution in [2.75, 3.05) is 6.61 Å². The van der Waals surface area contributed by atoms with Crippen molar-refractivity contribution in [1.82, 2.24) is 14.3 Å². The number of allylic oxidation sites excluding steroid dienone is 4. The maximum Gasteiger partial charge on any atom is 0.351 e. The third kappa shape index (κ3) is 3.98. The first-order valence-electron chi connectivity index (χ1n) is 7.62. The fourth-order valence-corrected chi connectivity index (χ4v) is 3.22. The van der Waals surface area contributed by atoms with Gasteiger partial charge in [0.15, 0.2) is 5.67 Å². The lowest BCUT2D eigenvalue weighted by atomic mass is 9.87. The Morgan fingerprint density at radius 1 is 1.50 bits per heavy atom. The molecule has 6 nitrogen and oxygen atoms in total. The maximum absolute atomic E-state index is 15.6. The van der Waals surface area contributed by atoms with Crippen LogP contribution >= 0.6 is 23.2 Å². The molecule has 144 valence electrons. The number of hydrogen-bond donors (Lipinski definition) is 0. The lowest BCUT2D eigenvalue weighted by Crippen LogP contribution is -2.42. The van der Waals surface area contributed by atoms with Crippen molar-refractivity contribution >= 4 is 29.2 Å². The van der Waals surface area contributed by atoms with E-state index in [2.05, 4.69) is 5.10 Å². The van der Waals surface area contributed by atoms with Crippen LogP contribution in [0.4, 0.5) is 13.2 Å². The van der Waals surface area contributed by atoms with Crippen molar-refractivity contribution in [1.29, 1.82) is 0 Å². The number of carbonyl (C=O) groups is 1. The van der Waals surface area contributed by atoms with Gasteiger partial charge in [-0.05, 0) is 26.0 Å². The molecule has 1 aliphatic rings. The van der Waals surface area contributed by atoms with Crippen molar-refractivity contribution in [3.05, 3.63) is 39.6 Å². The second kappa shape index (κ2) is 7.87. The van der Waals surface area contributed by atoms with Gasteiger partial charge in [-0.3, -0.25) is 4.79 Å². The van der Waals surface area contributed by atoms with Gasteiger partial charge in [-0.15, -0.1) is 11.6 Å². The van der Waals surface area contributed by atoms with E-state index >= 15 is 4.39 Å². The molecule has 1 aromatic heterocycles. The average Bonchev–Trinajstić information content (AvgIpc) is 2.81. The molecule has 0 saturated heterocycles. The summed E-state index contributed by atoms with van der Waals surface area (Å²) in [6.07, 6.45) is 2.89. The van der Waals surface area contributed by atoms with Gasteiger partial charge in [-0.25, -0.2) is 18.4 Å². The molecule has 3 atom stereocenters. The number of aryl methyl sites for hydroxylation is 1. The number of alkyl halides is 4. The van der Waals surface area contributed by atoms with Crippen LogP contribution in [0.1, 0.15) is 31.8 Å². The van der Waals surface area contributed by atoms with E-state index in [-0.39, 0.29) is 22.0 Å². The summed E-state index contributed by atoms with van der Waals surface area (Å²) < 4.78 is 47.1. The van der Waals surface area contributed by atoms with E-state index in [1.165, 1.54) is 19.1 Å². The lowest BCUT2D eigenvalue weighted by Gasteiger charge is -2.32. The Morgan fingerprint density at radius 3 is 2.69 bits per heavy atom. The molecule has 0 aliphatic heterocycles. The molecule has 0 bridgehead atoms. The molecule has 0 radical (unpaired) electrons. The van der Waals surface area contributed by atoms with Gasteiger partial charge in [0.05, 0.1) is 6.61 Å². The molecule has 0 saturated carbocycles. The number of nitrogens with zero attached hydrogens (tertiary/aromatic N) is 3. The molecular weight excluding hydrogens is 398 g/mol. The van der Waals surface area contributed by atoms with Gasteiger partial charge in [0.2, 0.25) is 0 Å². The Bertz CT molecular complexity index is 806. The van der Waals surface area contributed by atoms with Gasteiger partial charge in [-0.2, -0.15) is 13.9 Å². The van der Waals surface area contributed by atoms with Crippen molar-refractivity contribution in [3.8, 4) is 0 Å². The van der Waals surface area contributed by atoms with Crippen molar-refractivity contribution in [3.63, 3.8) is 0 Å². The van der Waals surface area contributed by atoms with E-state index in [9.17, 15) is 18.4 Å². The molecular formula is C15H16Cl2F3N3O3. The fourth-order valence-electron chi connectivity index (χ4n) is 2.66. The van der Waals surface area contributed by atoms with E-state index < -0.39 is 41.7 Å². The number of rotatable bonds is 6. The standard InChI is InChI=1S/C15H16Cl2F3N3O3/c1-3-26-12(24)10(17)7-15(20)6-9(16)4-5-11(15)23-14(25)22(13(18)19)8(2)21-23/h4-6,10-11,13H,3,7H2,1-2H3. The summed E-state index contributed by atoms with van der Waals surface area (Å²) in [4.78, 5) is 23.9. The number of aromatic nitrogens is 3. The Balaban J connectivity index is 2.44. The monoisotopic (exact) mass is 413 g/mol. The molecule has 1 aliphatic carbocycles. The predicted molar refractivity (Wildman–Crippen MR) is 89.3 cm³/mol. The molecule has 26 heavy (non-hydrogen) atoms. The minimum absolute atomic E-state index is 0.00883. The first-order chi connectivity index (χ1) is 12.1. The van der Waals surface area contributed by atoms with Gasteiger partial charge >= 0.3 is 18.2 Å². The number of carbonyl (C=O) groups excluding carboxylic acids is 1. The molecule has 0 N–H and O–H groups in total.